The van der Waals surface area contributed by atoms with Crippen LogP contribution in [-0.4, -0.2) is 4.98 Å². The molecule has 10 aromatic rings. The van der Waals surface area contributed by atoms with E-state index in [1.54, 1.807) is 6.07 Å². The zero-order valence-electron chi connectivity index (χ0n) is 28.3. The van der Waals surface area contributed by atoms with Gasteiger partial charge in [0.25, 0.3) is 0 Å². The number of pyridine rings is 1. The largest absolute Gasteiger partial charge is 0.247 e. The van der Waals surface area contributed by atoms with E-state index < -0.39 is 0 Å². The first kappa shape index (κ1) is 30.2. The van der Waals surface area contributed by atoms with Gasteiger partial charge in [-0.15, -0.1) is 0 Å². The van der Waals surface area contributed by atoms with Crippen LogP contribution in [0.15, 0.2) is 188 Å². The number of benzene rings is 9. The smallest absolute Gasteiger partial charge is 0.131 e. The Morgan fingerprint density at radius 3 is 1.50 bits per heavy atom. The van der Waals surface area contributed by atoms with Crippen LogP contribution in [0.4, 0.5) is 4.39 Å². The van der Waals surface area contributed by atoms with Crippen LogP contribution in [0.3, 0.4) is 0 Å². The molecule has 1 nitrogen and oxygen atoms in total. The Labute approximate surface area is 301 Å². The highest BCUT2D eigenvalue weighted by molar-refractivity contribution is 6.34. The molecular formula is C50H32FN. The van der Waals surface area contributed by atoms with Crippen molar-refractivity contribution >= 4 is 54.0 Å². The minimum absolute atomic E-state index is 0.136. The predicted octanol–water partition coefficient (Wildman–Crippen LogP) is 13.5. The lowest BCUT2D eigenvalue weighted by Crippen LogP contribution is -2.03. The summed E-state index contributed by atoms with van der Waals surface area (Å²) in [6.45, 7) is 0. The van der Waals surface area contributed by atoms with Gasteiger partial charge in [-0.25, -0.2) is 9.37 Å². The highest BCUT2D eigenvalue weighted by Crippen LogP contribution is 2.45. The van der Waals surface area contributed by atoms with Crippen molar-refractivity contribution in [3.8, 4) is 22.4 Å². The number of hydrogen-bond acceptors (Lipinski definition) is 1. The Kier molecular flexibility index (Phi) is 7.14. The van der Waals surface area contributed by atoms with Crippen molar-refractivity contribution in [1.29, 1.82) is 0 Å². The summed E-state index contributed by atoms with van der Waals surface area (Å²) in [7, 11) is 0. The predicted molar refractivity (Wildman–Crippen MR) is 216 cm³/mol. The van der Waals surface area contributed by atoms with Gasteiger partial charge in [0, 0.05) is 33.0 Å². The van der Waals surface area contributed by atoms with Gasteiger partial charge in [-0.1, -0.05) is 170 Å². The van der Waals surface area contributed by atoms with E-state index in [2.05, 4.69) is 152 Å². The van der Waals surface area contributed by atoms with Gasteiger partial charge < -0.3 is 0 Å². The second-order valence-corrected chi connectivity index (χ2v) is 13.6. The lowest BCUT2D eigenvalue weighted by atomic mass is 9.84. The molecular weight excluding hydrogens is 634 g/mol. The molecule has 0 saturated heterocycles. The van der Waals surface area contributed by atoms with Gasteiger partial charge in [-0.3, -0.25) is 0 Å². The topological polar surface area (TPSA) is 12.9 Å². The summed E-state index contributed by atoms with van der Waals surface area (Å²) >= 11 is 0. The molecule has 244 valence electrons. The number of halogens is 1. The third kappa shape index (κ3) is 4.87. The molecule has 52 heavy (non-hydrogen) atoms. The fourth-order valence-corrected chi connectivity index (χ4v) is 8.26. The van der Waals surface area contributed by atoms with Crippen LogP contribution < -0.4 is 0 Å². The summed E-state index contributed by atoms with van der Waals surface area (Å²) < 4.78 is 15.2. The lowest BCUT2D eigenvalue weighted by Gasteiger charge is -2.19. The van der Waals surface area contributed by atoms with Crippen molar-refractivity contribution in [3.63, 3.8) is 0 Å². The number of rotatable bonds is 5. The van der Waals surface area contributed by atoms with Gasteiger partial charge >= 0.3 is 0 Å². The minimum Gasteiger partial charge on any atom is -0.247 e. The Morgan fingerprint density at radius 2 is 0.865 bits per heavy atom. The average molecular weight is 666 g/mol. The Hall–Kier alpha value is -6.64. The average Bonchev–Trinajstić information content (AvgIpc) is 3.22. The van der Waals surface area contributed by atoms with Gasteiger partial charge in [0.15, 0.2) is 0 Å². The van der Waals surface area contributed by atoms with E-state index in [-0.39, 0.29) is 11.7 Å². The van der Waals surface area contributed by atoms with Crippen LogP contribution in [0.2, 0.25) is 0 Å². The maximum Gasteiger partial charge on any atom is 0.131 e. The molecule has 0 bridgehead atoms. The van der Waals surface area contributed by atoms with Crippen molar-refractivity contribution in [3.05, 3.63) is 211 Å². The Balaban J connectivity index is 1.21. The van der Waals surface area contributed by atoms with Gasteiger partial charge in [-0.05, 0) is 72.9 Å². The van der Waals surface area contributed by atoms with E-state index in [0.717, 1.165) is 54.8 Å². The Morgan fingerprint density at radius 1 is 0.365 bits per heavy atom. The summed E-state index contributed by atoms with van der Waals surface area (Å²) in [5.41, 5.74) is 8.70. The lowest BCUT2D eigenvalue weighted by molar-refractivity contribution is 0.640. The summed E-state index contributed by atoms with van der Waals surface area (Å²) in [4.78, 5) is 5.50. The highest BCUT2D eigenvalue weighted by Gasteiger charge is 2.20. The fourth-order valence-electron chi connectivity index (χ4n) is 8.26. The van der Waals surface area contributed by atoms with Gasteiger partial charge in [0.2, 0.25) is 0 Å². The zero-order valence-corrected chi connectivity index (χ0v) is 28.3. The molecule has 0 aliphatic rings. The first-order chi connectivity index (χ1) is 25.7. The number of hydrogen-bond donors (Lipinski definition) is 0. The second-order valence-electron chi connectivity index (χ2n) is 13.6. The summed E-state index contributed by atoms with van der Waals surface area (Å²) in [6.07, 6.45) is 0. The molecule has 0 spiro atoms. The molecule has 0 unspecified atom stereocenters. The van der Waals surface area contributed by atoms with Crippen molar-refractivity contribution in [2.45, 2.75) is 5.92 Å². The van der Waals surface area contributed by atoms with E-state index in [1.807, 2.05) is 30.3 Å². The molecule has 0 N–H and O–H groups in total. The van der Waals surface area contributed by atoms with Gasteiger partial charge in [0.1, 0.15) is 5.82 Å². The first-order valence-electron chi connectivity index (χ1n) is 17.8. The monoisotopic (exact) mass is 665 g/mol. The van der Waals surface area contributed by atoms with E-state index in [1.165, 1.54) is 32.8 Å². The minimum atomic E-state index is -0.229. The molecule has 2 heteroatoms. The number of aromatic nitrogens is 1. The number of nitrogens with zero attached hydrogens (tertiary/aromatic N) is 1. The molecule has 0 amide bonds. The quantitative estimate of drug-likeness (QED) is 0.132. The summed E-state index contributed by atoms with van der Waals surface area (Å²) in [6, 6.07) is 65.5. The molecule has 1 aromatic heterocycles. The molecule has 0 radical (unpaired) electrons. The van der Waals surface area contributed by atoms with E-state index in [9.17, 15) is 0 Å². The van der Waals surface area contributed by atoms with Crippen molar-refractivity contribution < 1.29 is 4.39 Å². The normalized spacial score (nSPS) is 11.7. The molecule has 0 atom stereocenters. The number of fused-ring (bicyclic) bond motifs is 9. The van der Waals surface area contributed by atoms with E-state index >= 15 is 4.39 Å². The standard InChI is InChI=1S/C50H32FN/c51-45-30-29-43(39-19-7-10-20-40(39)45)50-49-42-22-12-9-18-38(42)37-17-8-11-21-41(37)48(49)44-28-27-36(31-46(44)52-50)32-23-25-35(26-24-32)47(33-13-3-1-4-14-33)34-15-5-2-6-16-34/h1-31,47H. The molecule has 9 aromatic carbocycles. The van der Waals surface area contributed by atoms with Crippen molar-refractivity contribution in [1.82, 2.24) is 4.98 Å². The van der Waals surface area contributed by atoms with Crippen molar-refractivity contribution in [2.24, 2.45) is 0 Å². The van der Waals surface area contributed by atoms with Crippen molar-refractivity contribution in [2.75, 3.05) is 0 Å². The SMILES string of the molecule is Fc1ccc(-c2nc3cc(-c4ccc(C(c5ccccc5)c5ccccc5)cc4)ccc3c3c4ccccc4c4ccccc4c23)c2ccccc12. The molecule has 0 aliphatic heterocycles. The third-order valence-corrected chi connectivity index (χ3v) is 10.6. The zero-order chi connectivity index (χ0) is 34.6. The van der Waals surface area contributed by atoms with Crippen LogP contribution >= 0.6 is 0 Å². The highest BCUT2D eigenvalue weighted by atomic mass is 19.1. The molecule has 10 rings (SSSR count). The Bertz CT molecular complexity index is 2910. The molecule has 0 fully saturated rings. The second kappa shape index (κ2) is 12.3. The molecule has 1 heterocycles. The molecule has 0 aliphatic carbocycles. The van der Waals surface area contributed by atoms with Crippen LogP contribution in [0.1, 0.15) is 22.6 Å². The van der Waals surface area contributed by atoms with E-state index in [0.29, 0.717) is 5.39 Å². The fraction of sp³-hybridized carbons (Fsp3) is 0.0200. The van der Waals surface area contributed by atoms with Gasteiger partial charge in [0.05, 0.1) is 11.2 Å². The first-order valence-corrected chi connectivity index (χ1v) is 17.8. The maximum atomic E-state index is 15.2. The van der Waals surface area contributed by atoms with Crippen LogP contribution in [0.25, 0.3) is 76.4 Å². The maximum absolute atomic E-state index is 15.2. The molecule has 0 saturated carbocycles. The summed E-state index contributed by atoms with van der Waals surface area (Å²) in [5.74, 6) is -0.0930. The summed E-state index contributed by atoms with van der Waals surface area (Å²) in [5, 5.41) is 9.51. The van der Waals surface area contributed by atoms with Crippen LogP contribution in [0.5, 0.6) is 0 Å². The van der Waals surface area contributed by atoms with Crippen LogP contribution in [-0.2, 0) is 0 Å². The van der Waals surface area contributed by atoms with Gasteiger partial charge in [-0.2, -0.15) is 0 Å². The third-order valence-electron chi connectivity index (χ3n) is 10.6. The van der Waals surface area contributed by atoms with E-state index in [4.69, 9.17) is 4.98 Å². The van der Waals surface area contributed by atoms with Crippen LogP contribution in [0, 0.1) is 5.82 Å².